The second-order valence-electron chi connectivity index (χ2n) is 7.89. The molecular formula is C20H27N5O2. The zero-order chi connectivity index (χ0) is 19.1. The summed E-state index contributed by atoms with van der Waals surface area (Å²) < 4.78 is 1.87. The maximum absolute atomic E-state index is 11.8. The number of anilines is 1. The van der Waals surface area contributed by atoms with Crippen LogP contribution in [0.25, 0.3) is 10.9 Å². The van der Waals surface area contributed by atoms with Crippen LogP contribution in [0, 0.1) is 5.92 Å². The first-order valence-electron chi connectivity index (χ1n) is 9.67. The van der Waals surface area contributed by atoms with E-state index in [9.17, 15) is 9.59 Å². The summed E-state index contributed by atoms with van der Waals surface area (Å²) in [5.41, 5.74) is 3.10. The summed E-state index contributed by atoms with van der Waals surface area (Å²) in [4.78, 5) is 26.0. The highest BCUT2D eigenvalue weighted by Gasteiger charge is 2.30. The summed E-state index contributed by atoms with van der Waals surface area (Å²) in [6.45, 7) is 4.35. The van der Waals surface area contributed by atoms with Gasteiger partial charge in [-0.2, -0.15) is 5.10 Å². The summed E-state index contributed by atoms with van der Waals surface area (Å²) in [5.74, 6) is 0.0154. The van der Waals surface area contributed by atoms with Gasteiger partial charge in [-0.1, -0.05) is 6.92 Å². The fourth-order valence-electron chi connectivity index (χ4n) is 4.55. The minimum Gasteiger partial charge on any atom is -0.371 e. The van der Waals surface area contributed by atoms with Crippen LogP contribution < -0.4 is 15.5 Å². The van der Waals surface area contributed by atoms with Gasteiger partial charge in [0.2, 0.25) is 11.8 Å². The SMILES string of the molecule is CN[C@@H]1CCN(c2ccc3c(C4CC(=O)NC(=O)C4)nn(C)c3c2)C[C@@H]1C. The number of rotatable bonds is 3. The molecular weight excluding hydrogens is 342 g/mol. The normalized spacial score (nSPS) is 24.5. The largest absolute Gasteiger partial charge is 0.371 e. The number of fused-ring (bicyclic) bond motifs is 1. The fraction of sp³-hybridized carbons (Fsp3) is 0.550. The molecule has 2 N–H and O–H groups in total. The van der Waals surface area contributed by atoms with E-state index in [0.29, 0.717) is 24.8 Å². The zero-order valence-corrected chi connectivity index (χ0v) is 16.2. The van der Waals surface area contributed by atoms with Crippen molar-refractivity contribution >= 4 is 28.4 Å². The molecule has 1 aromatic heterocycles. The van der Waals surface area contributed by atoms with Crippen LogP contribution in [0.3, 0.4) is 0 Å². The average Bonchev–Trinajstić information content (AvgIpc) is 2.97. The number of hydrogen-bond donors (Lipinski definition) is 2. The molecule has 144 valence electrons. The lowest BCUT2D eigenvalue weighted by molar-refractivity contribution is -0.133. The second-order valence-corrected chi connectivity index (χ2v) is 7.89. The number of imide groups is 1. The Morgan fingerprint density at radius 1 is 1.22 bits per heavy atom. The predicted octanol–water partition coefficient (Wildman–Crippen LogP) is 1.53. The summed E-state index contributed by atoms with van der Waals surface area (Å²) in [6, 6.07) is 7.00. The molecule has 3 heterocycles. The maximum Gasteiger partial charge on any atom is 0.227 e. The first kappa shape index (κ1) is 18.0. The molecule has 0 bridgehead atoms. The minimum absolute atomic E-state index is 0.146. The average molecular weight is 369 g/mol. The second kappa shape index (κ2) is 6.96. The lowest BCUT2D eigenvalue weighted by atomic mass is 9.91. The number of aromatic nitrogens is 2. The highest BCUT2D eigenvalue weighted by molar-refractivity contribution is 5.99. The van der Waals surface area contributed by atoms with Crippen LogP contribution in [0.4, 0.5) is 5.69 Å². The lowest BCUT2D eigenvalue weighted by Crippen LogP contribution is -2.47. The Morgan fingerprint density at radius 2 is 1.96 bits per heavy atom. The molecule has 0 aliphatic carbocycles. The van der Waals surface area contributed by atoms with Gasteiger partial charge in [0, 0.05) is 56.0 Å². The van der Waals surface area contributed by atoms with E-state index in [1.807, 2.05) is 18.8 Å². The number of piperidine rings is 2. The monoisotopic (exact) mass is 369 g/mol. The number of nitrogens with one attached hydrogen (secondary N) is 2. The van der Waals surface area contributed by atoms with Gasteiger partial charge in [-0.25, -0.2) is 0 Å². The molecule has 0 radical (unpaired) electrons. The number of benzene rings is 1. The summed E-state index contributed by atoms with van der Waals surface area (Å²) in [5, 5.41) is 11.5. The Labute approximate surface area is 159 Å². The van der Waals surface area contributed by atoms with E-state index >= 15 is 0 Å². The third-order valence-corrected chi connectivity index (χ3v) is 6.03. The highest BCUT2D eigenvalue weighted by atomic mass is 16.2. The van der Waals surface area contributed by atoms with Crippen LogP contribution in [0.5, 0.6) is 0 Å². The van der Waals surface area contributed by atoms with Gasteiger partial charge in [0.15, 0.2) is 0 Å². The molecule has 7 nitrogen and oxygen atoms in total. The molecule has 2 aliphatic rings. The Bertz CT molecular complexity index is 874. The molecule has 1 aromatic carbocycles. The topological polar surface area (TPSA) is 79.3 Å². The smallest absolute Gasteiger partial charge is 0.227 e. The number of aryl methyl sites for hydroxylation is 1. The van der Waals surface area contributed by atoms with Crippen molar-refractivity contribution < 1.29 is 9.59 Å². The number of hydrogen-bond acceptors (Lipinski definition) is 5. The number of amides is 2. The van der Waals surface area contributed by atoms with Gasteiger partial charge in [0.05, 0.1) is 11.2 Å². The minimum atomic E-state index is -0.215. The van der Waals surface area contributed by atoms with Gasteiger partial charge in [0.1, 0.15) is 0 Å². The van der Waals surface area contributed by atoms with Gasteiger partial charge in [-0.3, -0.25) is 19.6 Å². The van der Waals surface area contributed by atoms with Crippen LogP contribution in [0.1, 0.15) is 37.8 Å². The van der Waals surface area contributed by atoms with Gasteiger partial charge < -0.3 is 10.2 Å². The lowest BCUT2D eigenvalue weighted by Gasteiger charge is -2.38. The van der Waals surface area contributed by atoms with E-state index < -0.39 is 0 Å². The van der Waals surface area contributed by atoms with Gasteiger partial charge in [-0.15, -0.1) is 0 Å². The molecule has 2 aliphatic heterocycles. The van der Waals surface area contributed by atoms with E-state index in [2.05, 4.69) is 45.8 Å². The molecule has 0 spiro atoms. The zero-order valence-electron chi connectivity index (χ0n) is 16.2. The van der Waals surface area contributed by atoms with Gasteiger partial charge >= 0.3 is 0 Å². The van der Waals surface area contributed by atoms with Crippen LogP contribution in [0.15, 0.2) is 18.2 Å². The van der Waals surface area contributed by atoms with Gasteiger partial charge in [0.25, 0.3) is 0 Å². The third kappa shape index (κ3) is 3.32. The number of carbonyl (C=O) groups excluding carboxylic acids is 2. The summed E-state index contributed by atoms with van der Waals surface area (Å²) >= 11 is 0. The maximum atomic E-state index is 11.8. The van der Waals surface area contributed by atoms with Crippen molar-refractivity contribution in [2.45, 2.75) is 38.1 Å². The number of carbonyl (C=O) groups is 2. The summed E-state index contributed by atoms with van der Waals surface area (Å²) in [7, 11) is 3.96. The van der Waals surface area contributed by atoms with E-state index in [4.69, 9.17) is 0 Å². The van der Waals surface area contributed by atoms with Crippen LogP contribution in [-0.2, 0) is 16.6 Å². The first-order chi connectivity index (χ1) is 13.0. The third-order valence-electron chi connectivity index (χ3n) is 6.03. The number of nitrogens with zero attached hydrogens (tertiary/aromatic N) is 3. The molecule has 0 unspecified atom stereocenters. The Balaban J connectivity index is 1.63. The summed E-state index contributed by atoms with van der Waals surface area (Å²) in [6.07, 6.45) is 1.76. The van der Waals surface area contributed by atoms with Crippen molar-refractivity contribution in [3.05, 3.63) is 23.9 Å². The van der Waals surface area contributed by atoms with E-state index in [1.54, 1.807) is 0 Å². The van der Waals surface area contributed by atoms with Crippen molar-refractivity contribution in [1.82, 2.24) is 20.4 Å². The Morgan fingerprint density at radius 3 is 2.63 bits per heavy atom. The predicted molar refractivity (Wildman–Crippen MR) is 105 cm³/mol. The van der Waals surface area contributed by atoms with Crippen molar-refractivity contribution in [3.63, 3.8) is 0 Å². The molecule has 2 fully saturated rings. The molecule has 2 aromatic rings. The molecule has 4 rings (SSSR count). The molecule has 0 saturated carbocycles. The van der Waals surface area contributed by atoms with E-state index in [0.717, 1.165) is 36.1 Å². The highest BCUT2D eigenvalue weighted by Crippen LogP contribution is 2.34. The van der Waals surface area contributed by atoms with E-state index in [1.165, 1.54) is 5.69 Å². The van der Waals surface area contributed by atoms with Crippen molar-refractivity contribution in [2.75, 3.05) is 25.0 Å². The Hall–Kier alpha value is -2.41. The molecule has 2 amide bonds. The molecule has 27 heavy (non-hydrogen) atoms. The molecule has 2 atom stereocenters. The van der Waals surface area contributed by atoms with Crippen molar-refractivity contribution in [1.29, 1.82) is 0 Å². The van der Waals surface area contributed by atoms with Crippen LogP contribution >= 0.6 is 0 Å². The quantitative estimate of drug-likeness (QED) is 0.802. The Kier molecular flexibility index (Phi) is 4.63. The fourth-order valence-corrected chi connectivity index (χ4v) is 4.55. The van der Waals surface area contributed by atoms with E-state index in [-0.39, 0.29) is 17.7 Å². The standard InChI is InChI=1S/C20H27N5O2/c1-12-11-25(7-6-16(12)21-2)14-4-5-15-17(10-14)24(3)23-20(15)13-8-18(26)22-19(27)9-13/h4-5,10,12-13,16,21H,6-9,11H2,1-3H3,(H,22,26,27)/t12-,16+/m0/s1. The molecule has 7 heteroatoms. The van der Waals surface area contributed by atoms with Gasteiger partial charge in [-0.05, 0) is 37.6 Å². The van der Waals surface area contributed by atoms with Crippen molar-refractivity contribution in [3.8, 4) is 0 Å². The van der Waals surface area contributed by atoms with Crippen LogP contribution in [-0.4, -0.2) is 47.8 Å². The first-order valence-corrected chi connectivity index (χ1v) is 9.67. The molecule has 2 saturated heterocycles. The van der Waals surface area contributed by atoms with Crippen LogP contribution in [0.2, 0.25) is 0 Å². The van der Waals surface area contributed by atoms with Crippen molar-refractivity contribution in [2.24, 2.45) is 13.0 Å².